The molecule has 1 saturated heterocycles. The quantitative estimate of drug-likeness (QED) is 0.817. The Morgan fingerprint density at radius 2 is 1.90 bits per heavy atom. The van der Waals surface area contributed by atoms with E-state index in [0.29, 0.717) is 18.2 Å². The lowest BCUT2D eigenvalue weighted by atomic mass is 9.86. The minimum absolute atomic E-state index is 0.193. The molecular formula is C19H29NO. The lowest BCUT2D eigenvalue weighted by Gasteiger charge is -2.31. The minimum Gasteiger partial charge on any atom is -0.342 e. The van der Waals surface area contributed by atoms with E-state index in [9.17, 15) is 4.79 Å². The monoisotopic (exact) mass is 287 g/mol. The lowest BCUT2D eigenvalue weighted by molar-refractivity contribution is -0.132. The average Bonchev–Trinajstić information content (AvgIpc) is 2.44. The van der Waals surface area contributed by atoms with Crippen molar-refractivity contribution in [2.75, 3.05) is 13.1 Å². The molecule has 0 unspecified atom stereocenters. The van der Waals surface area contributed by atoms with Gasteiger partial charge in [-0.1, -0.05) is 52.0 Å². The van der Waals surface area contributed by atoms with E-state index in [1.54, 1.807) is 0 Å². The van der Waals surface area contributed by atoms with Gasteiger partial charge < -0.3 is 4.90 Å². The number of benzene rings is 1. The molecule has 116 valence electrons. The molecule has 1 heterocycles. The summed E-state index contributed by atoms with van der Waals surface area (Å²) in [6.07, 6.45) is 3.92. The molecule has 1 aliphatic rings. The van der Waals surface area contributed by atoms with Gasteiger partial charge in [-0.05, 0) is 41.7 Å². The van der Waals surface area contributed by atoms with E-state index in [1.165, 1.54) is 17.5 Å². The third-order valence-electron chi connectivity index (χ3n) is 4.46. The summed E-state index contributed by atoms with van der Waals surface area (Å²) in [5, 5.41) is 0. The number of carbonyl (C=O) groups is 1. The highest BCUT2D eigenvalue weighted by Gasteiger charge is 2.20. The van der Waals surface area contributed by atoms with Gasteiger partial charge in [0.25, 0.3) is 0 Å². The zero-order chi connectivity index (χ0) is 15.5. The number of hydrogen-bond acceptors (Lipinski definition) is 1. The van der Waals surface area contributed by atoms with Crippen LogP contribution in [0.1, 0.15) is 58.1 Å². The fourth-order valence-corrected chi connectivity index (χ4v) is 3.00. The Labute approximate surface area is 129 Å². The minimum atomic E-state index is 0.193. The molecule has 0 aliphatic carbocycles. The van der Waals surface area contributed by atoms with Crippen molar-refractivity contribution in [3.8, 4) is 0 Å². The predicted molar refractivity (Wildman–Crippen MR) is 88.4 cm³/mol. The standard InChI is InChI=1S/C19H29NO/c1-15-6-5-13-20(14-15)18(21)12-9-16-7-10-17(11-8-16)19(2,3)4/h7-8,10-11,15H,5-6,9,12-14H2,1-4H3/t15-/m1/s1. The van der Waals surface area contributed by atoms with Crippen molar-refractivity contribution in [1.82, 2.24) is 4.90 Å². The van der Waals surface area contributed by atoms with Gasteiger partial charge in [0.2, 0.25) is 5.91 Å². The SMILES string of the molecule is C[C@@H]1CCCN(C(=O)CCc2ccc(C(C)(C)C)cc2)C1. The number of likely N-dealkylation sites (tertiary alicyclic amines) is 1. The van der Waals surface area contributed by atoms with Crippen molar-refractivity contribution in [1.29, 1.82) is 0 Å². The number of piperidine rings is 1. The van der Waals surface area contributed by atoms with Crippen LogP contribution in [0.3, 0.4) is 0 Å². The van der Waals surface area contributed by atoms with Crippen molar-refractivity contribution in [3.63, 3.8) is 0 Å². The third-order valence-corrected chi connectivity index (χ3v) is 4.46. The molecule has 1 atom stereocenters. The summed E-state index contributed by atoms with van der Waals surface area (Å²) in [6.45, 7) is 10.8. The summed E-state index contributed by atoms with van der Waals surface area (Å²) < 4.78 is 0. The Bertz CT molecular complexity index is 469. The first kappa shape index (κ1) is 16.1. The summed E-state index contributed by atoms with van der Waals surface area (Å²) in [7, 11) is 0. The second kappa shape index (κ2) is 6.64. The van der Waals surface area contributed by atoms with Crippen LogP contribution in [0.4, 0.5) is 0 Å². The number of aryl methyl sites for hydroxylation is 1. The van der Waals surface area contributed by atoms with E-state index < -0.39 is 0 Å². The largest absolute Gasteiger partial charge is 0.342 e. The van der Waals surface area contributed by atoms with Crippen LogP contribution in [0.25, 0.3) is 0 Å². The van der Waals surface area contributed by atoms with Gasteiger partial charge in [-0.3, -0.25) is 4.79 Å². The van der Waals surface area contributed by atoms with Crippen LogP contribution in [-0.4, -0.2) is 23.9 Å². The van der Waals surface area contributed by atoms with Gasteiger partial charge in [-0.15, -0.1) is 0 Å². The van der Waals surface area contributed by atoms with E-state index in [2.05, 4.69) is 56.9 Å². The van der Waals surface area contributed by atoms with Crippen LogP contribution >= 0.6 is 0 Å². The summed E-state index contributed by atoms with van der Waals surface area (Å²) in [5.41, 5.74) is 2.81. The number of rotatable bonds is 3. The van der Waals surface area contributed by atoms with Crippen molar-refractivity contribution in [2.45, 2.75) is 58.8 Å². The number of amides is 1. The molecule has 0 bridgehead atoms. The summed E-state index contributed by atoms with van der Waals surface area (Å²) in [5.74, 6) is 0.982. The highest BCUT2D eigenvalue weighted by molar-refractivity contribution is 5.76. The van der Waals surface area contributed by atoms with E-state index >= 15 is 0 Å². The molecule has 0 radical (unpaired) electrons. The van der Waals surface area contributed by atoms with Crippen LogP contribution in [0.15, 0.2) is 24.3 Å². The second-order valence-electron chi connectivity index (χ2n) is 7.53. The topological polar surface area (TPSA) is 20.3 Å². The first-order chi connectivity index (χ1) is 9.86. The Balaban J connectivity index is 1.86. The number of carbonyl (C=O) groups excluding carboxylic acids is 1. The predicted octanol–water partition coefficient (Wildman–Crippen LogP) is 4.18. The summed E-state index contributed by atoms with van der Waals surface area (Å²) >= 11 is 0. The zero-order valence-electron chi connectivity index (χ0n) is 14.0. The number of nitrogens with zero attached hydrogens (tertiary/aromatic N) is 1. The molecule has 0 aromatic heterocycles. The van der Waals surface area contributed by atoms with Gasteiger partial charge in [0.15, 0.2) is 0 Å². The van der Waals surface area contributed by atoms with E-state index in [4.69, 9.17) is 0 Å². The van der Waals surface area contributed by atoms with Crippen LogP contribution in [-0.2, 0) is 16.6 Å². The molecule has 2 heteroatoms. The Morgan fingerprint density at radius 1 is 1.24 bits per heavy atom. The molecule has 0 saturated carbocycles. The molecule has 21 heavy (non-hydrogen) atoms. The van der Waals surface area contributed by atoms with Crippen LogP contribution in [0.2, 0.25) is 0 Å². The molecule has 0 N–H and O–H groups in total. The second-order valence-corrected chi connectivity index (χ2v) is 7.53. The van der Waals surface area contributed by atoms with Gasteiger partial charge in [-0.2, -0.15) is 0 Å². The lowest BCUT2D eigenvalue weighted by Crippen LogP contribution is -2.39. The Hall–Kier alpha value is -1.31. The molecule has 1 aliphatic heterocycles. The van der Waals surface area contributed by atoms with E-state index in [1.807, 2.05) is 0 Å². The smallest absolute Gasteiger partial charge is 0.222 e. The van der Waals surface area contributed by atoms with Gasteiger partial charge in [0, 0.05) is 19.5 Å². The van der Waals surface area contributed by atoms with E-state index in [0.717, 1.165) is 25.9 Å². The van der Waals surface area contributed by atoms with Gasteiger partial charge in [0.1, 0.15) is 0 Å². The molecular weight excluding hydrogens is 258 g/mol. The van der Waals surface area contributed by atoms with Gasteiger partial charge in [-0.25, -0.2) is 0 Å². The molecule has 2 nitrogen and oxygen atoms in total. The fraction of sp³-hybridized carbons (Fsp3) is 0.632. The first-order valence-corrected chi connectivity index (χ1v) is 8.23. The first-order valence-electron chi connectivity index (χ1n) is 8.23. The normalized spacial score (nSPS) is 19.6. The molecule has 1 fully saturated rings. The van der Waals surface area contributed by atoms with Crippen molar-refractivity contribution >= 4 is 5.91 Å². The molecule has 1 aromatic rings. The maximum absolute atomic E-state index is 12.3. The zero-order valence-corrected chi connectivity index (χ0v) is 14.0. The number of hydrogen-bond donors (Lipinski definition) is 0. The Kier molecular flexibility index (Phi) is 5.08. The fourth-order valence-electron chi connectivity index (χ4n) is 3.00. The average molecular weight is 287 g/mol. The maximum atomic E-state index is 12.3. The Morgan fingerprint density at radius 3 is 2.48 bits per heavy atom. The van der Waals surface area contributed by atoms with Gasteiger partial charge >= 0.3 is 0 Å². The summed E-state index contributed by atoms with van der Waals surface area (Å²) in [4.78, 5) is 14.3. The molecule has 1 amide bonds. The molecule has 2 rings (SSSR count). The highest BCUT2D eigenvalue weighted by atomic mass is 16.2. The van der Waals surface area contributed by atoms with Crippen molar-refractivity contribution < 1.29 is 4.79 Å². The molecule has 1 aromatic carbocycles. The van der Waals surface area contributed by atoms with Crippen molar-refractivity contribution in [2.24, 2.45) is 5.92 Å². The van der Waals surface area contributed by atoms with Crippen LogP contribution < -0.4 is 0 Å². The maximum Gasteiger partial charge on any atom is 0.222 e. The van der Waals surface area contributed by atoms with Gasteiger partial charge in [0.05, 0.1) is 0 Å². The molecule has 0 spiro atoms. The van der Waals surface area contributed by atoms with Crippen LogP contribution in [0.5, 0.6) is 0 Å². The van der Waals surface area contributed by atoms with Crippen molar-refractivity contribution in [3.05, 3.63) is 35.4 Å². The van der Waals surface area contributed by atoms with Crippen LogP contribution in [0, 0.1) is 5.92 Å². The van der Waals surface area contributed by atoms with E-state index in [-0.39, 0.29) is 5.41 Å². The highest BCUT2D eigenvalue weighted by Crippen LogP contribution is 2.23. The summed E-state index contributed by atoms with van der Waals surface area (Å²) in [6, 6.07) is 8.74. The third kappa shape index (κ3) is 4.59.